The lowest BCUT2D eigenvalue weighted by atomic mass is 10.1. The Bertz CT molecular complexity index is 499. The summed E-state index contributed by atoms with van der Waals surface area (Å²) in [6.45, 7) is 2.05. The largest absolute Gasteiger partial charge is 0.497 e. The molecule has 0 aliphatic carbocycles. The molecular formula is C15H19N3O. The Morgan fingerprint density at radius 3 is 2.47 bits per heavy atom. The van der Waals surface area contributed by atoms with Gasteiger partial charge in [-0.3, -0.25) is 10.3 Å². The first-order chi connectivity index (χ1) is 9.20. The fourth-order valence-corrected chi connectivity index (χ4v) is 1.89. The molecule has 0 amide bonds. The molecule has 1 aromatic carbocycles. The van der Waals surface area contributed by atoms with Crippen LogP contribution in [0.15, 0.2) is 48.7 Å². The predicted molar refractivity (Wildman–Crippen MR) is 75.7 cm³/mol. The molecule has 2 rings (SSSR count). The van der Waals surface area contributed by atoms with Gasteiger partial charge in [0.2, 0.25) is 0 Å². The van der Waals surface area contributed by atoms with Gasteiger partial charge in [0.25, 0.3) is 0 Å². The van der Waals surface area contributed by atoms with E-state index in [1.165, 1.54) is 0 Å². The number of methoxy groups -OCH3 is 1. The molecule has 4 heteroatoms. The number of hydrogen-bond acceptors (Lipinski definition) is 4. The third kappa shape index (κ3) is 3.53. The van der Waals surface area contributed by atoms with Gasteiger partial charge in [-0.1, -0.05) is 18.2 Å². The van der Waals surface area contributed by atoms with Gasteiger partial charge in [-0.25, -0.2) is 0 Å². The van der Waals surface area contributed by atoms with E-state index < -0.39 is 0 Å². The van der Waals surface area contributed by atoms with Gasteiger partial charge in [0.1, 0.15) is 5.75 Å². The lowest BCUT2D eigenvalue weighted by molar-refractivity contribution is 0.414. The molecule has 2 atom stereocenters. The molecule has 100 valence electrons. The Morgan fingerprint density at radius 2 is 1.89 bits per heavy atom. The number of nitrogens with zero attached hydrogens (tertiary/aromatic N) is 1. The molecule has 0 saturated heterocycles. The second kappa shape index (κ2) is 6.31. The van der Waals surface area contributed by atoms with Gasteiger partial charge >= 0.3 is 0 Å². The molecule has 0 radical (unpaired) electrons. The van der Waals surface area contributed by atoms with Gasteiger partial charge in [-0.15, -0.1) is 0 Å². The highest BCUT2D eigenvalue weighted by molar-refractivity contribution is 5.28. The minimum Gasteiger partial charge on any atom is -0.497 e. The van der Waals surface area contributed by atoms with Crippen molar-refractivity contribution in [2.75, 3.05) is 7.11 Å². The Balaban J connectivity index is 2.02. The van der Waals surface area contributed by atoms with Crippen molar-refractivity contribution >= 4 is 0 Å². The standard InChI is InChI=1S/C15H19N3O/c1-11(14-5-3-4-10-17-14)18-15(16)12-6-8-13(19-2)9-7-12/h3-11,15,18H,16H2,1-2H3/t11-,15+/m0/s1. The molecule has 1 heterocycles. The third-order valence-electron chi connectivity index (χ3n) is 3.04. The van der Waals surface area contributed by atoms with Gasteiger partial charge in [0.05, 0.1) is 19.0 Å². The number of rotatable bonds is 5. The number of benzene rings is 1. The van der Waals surface area contributed by atoms with Gasteiger partial charge in [-0.05, 0) is 36.8 Å². The van der Waals surface area contributed by atoms with Gasteiger partial charge < -0.3 is 10.5 Å². The van der Waals surface area contributed by atoms with Gasteiger partial charge in [0, 0.05) is 12.2 Å². The number of pyridine rings is 1. The lowest BCUT2D eigenvalue weighted by Crippen LogP contribution is -2.31. The summed E-state index contributed by atoms with van der Waals surface area (Å²) in [5.74, 6) is 0.828. The van der Waals surface area contributed by atoms with Gasteiger partial charge in [-0.2, -0.15) is 0 Å². The van der Waals surface area contributed by atoms with E-state index in [0.29, 0.717) is 0 Å². The topological polar surface area (TPSA) is 60.2 Å². The summed E-state index contributed by atoms with van der Waals surface area (Å²) in [7, 11) is 1.65. The summed E-state index contributed by atoms with van der Waals surface area (Å²) >= 11 is 0. The Labute approximate surface area is 113 Å². The SMILES string of the molecule is COc1ccc([C@H](N)N[C@@H](C)c2ccccn2)cc1. The van der Waals surface area contributed by atoms with Crippen LogP contribution >= 0.6 is 0 Å². The zero-order valence-corrected chi connectivity index (χ0v) is 11.2. The van der Waals surface area contributed by atoms with Crippen molar-refractivity contribution in [3.63, 3.8) is 0 Å². The van der Waals surface area contributed by atoms with Crippen molar-refractivity contribution in [2.45, 2.75) is 19.1 Å². The van der Waals surface area contributed by atoms with Crippen LogP contribution in [0.5, 0.6) is 5.75 Å². The molecule has 2 aromatic rings. The van der Waals surface area contributed by atoms with Crippen molar-refractivity contribution in [3.8, 4) is 5.75 Å². The van der Waals surface area contributed by atoms with Crippen LogP contribution in [-0.2, 0) is 0 Å². The van der Waals surface area contributed by atoms with Crippen LogP contribution in [0.3, 0.4) is 0 Å². The molecule has 3 N–H and O–H groups in total. The van der Waals surface area contributed by atoms with Crippen molar-refractivity contribution in [3.05, 3.63) is 59.9 Å². The van der Waals surface area contributed by atoms with Crippen LogP contribution in [0.2, 0.25) is 0 Å². The average Bonchev–Trinajstić information content (AvgIpc) is 2.48. The number of nitrogens with one attached hydrogen (secondary N) is 1. The Kier molecular flexibility index (Phi) is 4.49. The third-order valence-corrected chi connectivity index (χ3v) is 3.04. The van der Waals surface area contributed by atoms with Crippen molar-refractivity contribution < 1.29 is 4.74 Å². The summed E-state index contributed by atoms with van der Waals surface area (Å²) in [4.78, 5) is 4.31. The number of aromatic nitrogens is 1. The first-order valence-corrected chi connectivity index (χ1v) is 6.27. The maximum atomic E-state index is 6.15. The highest BCUT2D eigenvalue weighted by atomic mass is 16.5. The average molecular weight is 257 g/mol. The highest BCUT2D eigenvalue weighted by Crippen LogP contribution is 2.17. The van der Waals surface area contributed by atoms with E-state index in [1.807, 2.05) is 49.4 Å². The van der Waals surface area contributed by atoms with Crippen molar-refractivity contribution in [1.82, 2.24) is 10.3 Å². The molecule has 0 saturated carbocycles. The van der Waals surface area contributed by atoms with E-state index >= 15 is 0 Å². The minimum atomic E-state index is -0.233. The predicted octanol–water partition coefficient (Wildman–Crippen LogP) is 2.40. The molecule has 0 aliphatic rings. The molecule has 1 aromatic heterocycles. The second-order valence-corrected chi connectivity index (χ2v) is 4.39. The molecule has 0 aliphatic heterocycles. The molecular weight excluding hydrogens is 238 g/mol. The van der Waals surface area contributed by atoms with E-state index in [2.05, 4.69) is 10.3 Å². The van der Waals surface area contributed by atoms with Crippen LogP contribution < -0.4 is 15.8 Å². The summed E-state index contributed by atoms with van der Waals surface area (Å²) in [6.07, 6.45) is 1.55. The first kappa shape index (κ1) is 13.5. The van der Waals surface area contributed by atoms with Crippen molar-refractivity contribution in [2.24, 2.45) is 5.73 Å². The van der Waals surface area contributed by atoms with Gasteiger partial charge in [0.15, 0.2) is 0 Å². The van der Waals surface area contributed by atoms with Crippen LogP contribution in [0.1, 0.15) is 30.4 Å². The normalized spacial score (nSPS) is 13.8. The fourth-order valence-electron chi connectivity index (χ4n) is 1.89. The molecule has 0 bridgehead atoms. The number of ether oxygens (including phenoxy) is 1. The van der Waals surface area contributed by atoms with E-state index in [9.17, 15) is 0 Å². The van der Waals surface area contributed by atoms with E-state index in [4.69, 9.17) is 10.5 Å². The first-order valence-electron chi connectivity index (χ1n) is 6.27. The van der Waals surface area contributed by atoms with E-state index in [0.717, 1.165) is 17.0 Å². The maximum absolute atomic E-state index is 6.15. The zero-order valence-electron chi connectivity index (χ0n) is 11.2. The molecule has 0 spiro atoms. The molecule has 19 heavy (non-hydrogen) atoms. The highest BCUT2D eigenvalue weighted by Gasteiger charge is 2.12. The summed E-state index contributed by atoms with van der Waals surface area (Å²) in [6, 6.07) is 13.7. The van der Waals surface area contributed by atoms with E-state index in [-0.39, 0.29) is 12.2 Å². The summed E-state index contributed by atoms with van der Waals surface area (Å²) in [5, 5.41) is 3.32. The second-order valence-electron chi connectivity index (χ2n) is 4.39. The zero-order chi connectivity index (χ0) is 13.7. The summed E-state index contributed by atoms with van der Waals surface area (Å²) < 4.78 is 5.13. The summed E-state index contributed by atoms with van der Waals surface area (Å²) in [5.41, 5.74) is 8.14. The van der Waals surface area contributed by atoms with Crippen LogP contribution in [0, 0.1) is 0 Å². The lowest BCUT2D eigenvalue weighted by Gasteiger charge is -2.20. The Morgan fingerprint density at radius 1 is 1.16 bits per heavy atom. The monoisotopic (exact) mass is 257 g/mol. The fraction of sp³-hybridized carbons (Fsp3) is 0.267. The van der Waals surface area contributed by atoms with E-state index in [1.54, 1.807) is 13.3 Å². The quantitative estimate of drug-likeness (QED) is 0.807. The minimum absolute atomic E-state index is 0.0956. The smallest absolute Gasteiger partial charge is 0.118 e. The number of nitrogens with two attached hydrogens (primary N) is 1. The van der Waals surface area contributed by atoms with Crippen LogP contribution in [-0.4, -0.2) is 12.1 Å². The maximum Gasteiger partial charge on any atom is 0.118 e. The Hall–Kier alpha value is -1.91. The molecule has 0 unspecified atom stereocenters. The number of hydrogen-bond donors (Lipinski definition) is 2. The van der Waals surface area contributed by atoms with Crippen molar-refractivity contribution in [1.29, 1.82) is 0 Å². The van der Waals surface area contributed by atoms with Crippen LogP contribution in [0.25, 0.3) is 0 Å². The van der Waals surface area contributed by atoms with Crippen LogP contribution in [0.4, 0.5) is 0 Å². The molecule has 4 nitrogen and oxygen atoms in total. The molecule has 0 fully saturated rings.